The molecule has 5 heterocycles. The Morgan fingerprint density at radius 1 is 1.08 bits per heavy atom. The fourth-order valence-corrected chi connectivity index (χ4v) is 5.11. The van der Waals surface area contributed by atoms with Crippen molar-refractivity contribution in [1.82, 2.24) is 39.6 Å². The number of benzene rings is 2. The first-order chi connectivity index (χ1) is 18.9. The molecule has 1 unspecified atom stereocenters. The van der Waals surface area contributed by atoms with Gasteiger partial charge in [0, 0.05) is 35.6 Å². The molecule has 1 atom stereocenters. The van der Waals surface area contributed by atoms with Gasteiger partial charge in [-0.25, -0.2) is 14.5 Å². The van der Waals surface area contributed by atoms with Gasteiger partial charge >= 0.3 is 0 Å². The van der Waals surface area contributed by atoms with Crippen LogP contribution >= 0.6 is 11.6 Å². The first kappa shape index (κ1) is 23.4. The summed E-state index contributed by atoms with van der Waals surface area (Å²) in [6, 6.07) is 13.7. The molecule has 1 aliphatic rings. The third-order valence-electron chi connectivity index (χ3n) is 6.87. The van der Waals surface area contributed by atoms with Crippen LogP contribution in [0.3, 0.4) is 0 Å². The molecule has 0 saturated heterocycles. The van der Waals surface area contributed by atoms with Gasteiger partial charge in [0.2, 0.25) is 11.8 Å². The zero-order chi connectivity index (χ0) is 26.7. The summed E-state index contributed by atoms with van der Waals surface area (Å²) >= 11 is 6.27. The summed E-state index contributed by atoms with van der Waals surface area (Å²) in [4.78, 5) is 9.49. The molecule has 6 aromatic rings. The van der Waals surface area contributed by atoms with Gasteiger partial charge in [0.1, 0.15) is 18.7 Å². The zero-order valence-electron chi connectivity index (χ0n) is 21.4. The highest BCUT2D eigenvalue weighted by molar-refractivity contribution is 6.32. The van der Waals surface area contributed by atoms with Gasteiger partial charge in [-0.05, 0) is 37.1 Å². The summed E-state index contributed by atoms with van der Waals surface area (Å²) in [6.07, 6.45) is 5.45. The lowest BCUT2D eigenvalue weighted by atomic mass is 9.86. The maximum absolute atomic E-state index is 6.27. The highest BCUT2D eigenvalue weighted by Crippen LogP contribution is 2.48. The van der Waals surface area contributed by atoms with E-state index in [0.29, 0.717) is 40.6 Å². The number of fused-ring (bicyclic) bond motifs is 4. The Hall–Kier alpha value is -4.70. The highest BCUT2D eigenvalue weighted by Gasteiger charge is 2.37. The second kappa shape index (κ2) is 8.95. The quantitative estimate of drug-likeness (QED) is 0.313. The number of rotatable bonds is 5. The lowest BCUT2D eigenvalue weighted by Crippen LogP contribution is -2.14. The maximum atomic E-state index is 6.27. The van der Waals surface area contributed by atoms with Gasteiger partial charge in [0.25, 0.3) is 0 Å². The van der Waals surface area contributed by atoms with E-state index >= 15 is 0 Å². The van der Waals surface area contributed by atoms with Crippen LogP contribution in [0.15, 0.2) is 61.2 Å². The number of hydrogen-bond acceptors (Lipinski definition) is 7. The molecule has 39 heavy (non-hydrogen) atoms. The van der Waals surface area contributed by atoms with E-state index in [2.05, 4.69) is 20.3 Å². The van der Waals surface area contributed by atoms with Gasteiger partial charge in [0.15, 0.2) is 11.5 Å². The number of halogens is 1. The van der Waals surface area contributed by atoms with Crippen molar-refractivity contribution in [3.05, 3.63) is 99.7 Å². The van der Waals surface area contributed by atoms with Crippen molar-refractivity contribution in [3.8, 4) is 28.9 Å². The molecule has 0 aliphatic carbocycles. The average Bonchev–Trinajstić information content (AvgIpc) is 3.67. The fraction of sp³-hybridized carbons (Fsp3) is 0.179. The minimum Gasteiger partial charge on any atom is -0.487 e. The maximum Gasteiger partial charge on any atom is 0.244 e. The van der Waals surface area contributed by atoms with Crippen LogP contribution in [0.25, 0.3) is 17.0 Å². The van der Waals surface area contributed by atoms with E-state index in [1.807, 2.05) is 75.8 Å². The summed E-state index contributed by atoms with van der Waals surface area (Å²) in [6.45, 7) is 4.38. The van der Waals surface area contributed by atoms with Crippen molar-refractivity contribution in [2.24, 2.45) is 7.05 Å². The van der Waals surface area contributed by atoms with Crippen molar-refractivity contribution < 1.29 is 9.47 Å². The molecule has 11 heteroatoms. The van der Waals surface area contributed by atoms with Crippen molar-refractivity contribution in [2.75, 3.05) is 0 Å². The summed E-state index contributed by atoms with van der Waals surface area (Å²) in [5.41, 5.74) is 7.30. The molecule has 10 nitrogen and oxygen atoms in total. The summed E-state index contributed by atoms with van der Waals surface area (Å²) in [5.74, 6) is 2.00. The second-order valence-corrected chi connectivity index (χ2v) is 10.0. The van der Waals surface area contributed by atoms with Crippen LogP contribution in [0.5, 0.6) is 17.5 Å². The molecule has 0 amide bonds. The normalized spacial score (nSPS) is 14.2. The lowest BCUT2D eigenvalue weighted by molar-refractivity contribution is 0.306. The molecule has 0 radical (unpaired) electrons. The van der Waals surface area contributed by atoms with Crippen LogP contribution in [0.1, 0.15) is 39.4 Å². The van der Waals surface area contributed by atoms with Gasteiger partial charge in [-0.2, -0.15) is 5.10 Å². The number of aromatic nitrogens is 8. The molecule has 1 aliphatic heterocycles. The standard InChI is InChI=1S/C28H23ClN8O2/c1-15-4-9-20(29)21(10-15)38-13-17-5-7-18(8-6-17)25-32-26-24-23(19-11-31-36(3)12-19)22-16(2)33-34-28(22)39-27(24)30-14-37(26)35-25/h4-12,14,23H,13H2,1-3H3,(H,33,34). The van der Waals surface area contributed by atoms with E-state index in [4.69, 9.17) is 31.2 Å². The predicted octanol–water partition coefficient (Wildman–Crippen LogP) is 5.38. The minimum absolute atomic E-state index is 0.211. The molecule has 0 fully saturated rings. The molecule has 7 rings (SSSR count). The Bertz CT molecular complexity index is 1850. The topological polar surface area (TPSA) is 108 Å². The molecular formula is C28H23ClN8O2. The molecular weight excluding hydrogens is 516 g/mol. The third kappa shape index (κ3) is 4.00. The fourth-order valence-electron chi connectivity index (χ4n) is 4.94. The summed E-state index contributed by atoms with van der Waals surface area (Å²) < 4.78 is 15.5. The average molecular weight is 539 g/mol. The molecule has 4 aromatic heterocycles. The van der Waals surface area contributed by atoms with Gasteiger partial charge in [-0.15, -0.1) is 10.2 Å². The van der Waals surface area contributed by atoms with E-state index in [-0.39, 0.29) is 5.92 Å². The van der Waals surface area contributed by atoms with Gasteiger partial charge in [-0.1, -0.05) is 41.9 Å². The number of nitrogens with zero attached hydrogens (tertiary/aromatic N) is 7. The van der Waals surface area contributed by atoms with Gasteiger partial charge in [0.05, 0.1) is 22.7 Å². The van der Waals surface area contributed by atoms with Crippen LogP contribution in [-0.4, -0.2) is 39.6 Å². The molecule has 194 valence electrons. The first-order valence-corrected chi connectivity index (χ1v) is 12.8. The molecule has 2 aromatic carbocycles. The minimum atomic E-state index is -0.211. The number of aromatic amines is 1. The van der Waals surface area contributed by atoms with Crippen LogP contribution < -0.4 is 9.47 Å². The van der Waals surface area contributed by atoms with Crippen molar-refractivity contribution in [1.29, 1.82) is 0 Å². The van der Waals surface area contributed by atoms with Crippen LogP contribution in [-0.2, 0) is 13.7 Å². The Balaban J connectivity index is 1.24. The first-order valence-electron chi connectivity index (χ1n) is 12.4. The monoisotopic (exact) mass is 538 g/mol. The third-order valence-corrected chi connectivity index (χ3v) is 7.18. The number of hydrogen-bond donors (Lipinski definition) is 1. The van der Waals surface area contributed by atoms with E-state index < -0.39 is 0 Å². The Morgan fingerprint density at radius 3 is 2.72 bits per heavy atom. The summed E-state index contributed by atoms with van der Waals surface area (Å²) in [7, 11) is 1.89. The number of H-pyrrole nitrogens is 1. The van der Waals surface area contributed by atoms with E-state index in [1.165, 1.54) is 0 Å². The van der Waals surface area contributed by atoms with E-state index in [9.17, 15) is 0 Å². The Morgan fingerprint density at radius 2 is 1.92 bits per heavy atom. The molecule has 0 spiro atoms. The van der Waals surface area contributed by atoms with Gasteiger partial charge in [-0.3, -0.25) is 9.78 Å². The van der Waals surface area contributed by atoms with Crippen molar-refractivity contribution in [3.63, 3.8) is 0 Å². The molecule has 0 bridgehead atoms. The number of nitrogens with one attached hydrogen (secondary N) is 1. The number of aryl methyl sites for hydroxylation is 3. The Labute approximate surface area is 228 Å². The number of ether oxygens (including phenoxy) is 2. The van der Waals surface area contributed by atoms with Crippen LogP contribution in [0.2, 0.25) is 5.02 Å². The summed E-state index contributed by atoms with van der Waals surface area (Å²) in [5, 5.41) is 17.1. The van der Waals surface area contributed by atoms with Crippen molar-refractivity contribution >= 4 is 17.2 Å². The predicted molar refractivity (Wildman–Crippen MR) is 144 cm³/mol. The second-order valence-electron chi connectivity index (χ2n) is 9.64. The zero-order valence-corrected chi connectivity index (χ0v) is 22.1. The van der Waals surface area contributed by atoms with Crippen molar-refractivity contribution in [2.45, 2.75) is 26.4 Å². The molecule has 0 saturated carbocycles. The van der Waals surface area contributed by atoms with Crippen LogP contribution in [0, 0.1) is 13.8 Å². The molecule has 1 N–H and O–H groups in total. The Kier molecular flexibility index (Phi) is 5.38. The van der Waals surface area contributed by atoms with E-state index in [1.54, 1.807) is 15.5 Å². The van der Waals surface area contributed by atoms with Gasteiger partial charge < -0.3 is 9.47 Å². The van der Waals surface area contributed by atoms with E-state index in [0.717, 1.165) is 39.1 Å². The SMILES string of the molecule is Cc1ccc(Cl)c(OCc2ccc(-c3nc4c5c(ncn4n3)Oc3n[nH]c(C)c3C5c3cnn(C)c3)cc2)c1. The van der Waals surface area contributed by atoms with Crippen LogP contribution in [0.4, 0.5) is 0 Å². The largest absolute Gasteiger partial charge is 0.487 e. The highest BCUT2D eigenvalue weighted by atomic mass is 35.5. The lowest BCUT2D eigenvalue weighted by Gasteiger charge is -2.24. The smallest absolute Gasteiger partial charge is 0.244 e.